The molecule has 0 bridgehead atoms. The number of aromatic nitrogens is 2. The van der Waals surface area contributed by atoms with Crippen molar-refractivity contribution in [3.05, 3.63) is 30.2 Å². The van der Waals surface area contributed by atoms with Gasteiger partial charge in [-0.25, -0.2) is 0 Å². The van der Waals surface area contributed by atoms with Gasteiger partial charge in [0.2, 0.25) is 11.8 Å². The molecule has 2 saturated heterocycles. The fraction of sp³-hybridized carbons (Fsp3) is 0.556. The lowest BCUT2D eigenvalue weighted by Crippen LogP contribution is -2.41. The molecule has 1 aromatic carbocycles. The molecule has 132 valence electrons. The molecule has 7 heteroatoms. The van der Waals surface area contributed by atoms with Gasteiger partial charge in [-0.2, -0.15) is 0 Å². The number of nitrogens with one attached hydrogen (secondary N) is 1. The van der Waals surface area contributed by atoms with Gasteiger partial charge in [-0.15, -0.1) is 10.2 Å². The van der Waals surface area contributed by atoms with Gasteiger partial charge in [0.25, 0.3) is 0 Å². The van der Waals surface area contributed by atoms with Crippen LogP contribution in [0, 0.1) is 0 Å². The van der Waals surface area contributed by atoms with Gasteiger partial charge < -0.3 is 19.0 Å². The van der Waals surface area contributed by atoms with Crippen LogP contribution in [0.2, 0.25) is 0 Å². The molecule has 2 aliphatic heterocycles. The molecule has 2 aromatic rings. The molecule has 0 aliphatic carbocycles. The molecular formula is C18H24BN3O3. The molecule has 0 unspecified atom stereocenters. The highest BCUT2D eigenvalue weighted by Crippen LogP contribution is 2.36. The van der Waals surface area contributed by atoms with Crippen molar-refractivity contribution in [2.24, 2.45) is 0 Å². The molecule has 1 N–H and O–H groups in total. The topological polar surface area (TPSA) is 69.4 Å². The normalized spacial score (nSPS) is 24.8. The quantitative estimate of drug-likeness (QED) is 0.865. The molecular weight excluding hydrogens is 317 g/mol. The fourth-order valence-corrected chi connectivity index (χ4v) is 3.15. The zero-order chi connectivity index (χ0) is 17.7. The summed E-state index contributed by atoms with van der Waals surface area (Å²) in [7, 11) is -0.361. The molecule has 1 aromatic heterocycles. The van der Waals surface area contributed by atoms with Gasteiger partial charge in [0.05, 0.1) is 17.2 Å². The van der Waals surface area contributed by atoms with Gasteiger partial charge in [-0.05, 0) is 64.7 Å². The molecule has 1 atom stereocenters. The minimum absolute atomic E-state index is 0.185. The SMILES string of the molecule is CC1(C)OB(c2ccc(-c3nnc([C@@H]4CCCN4)o3)cc2)OC1(C)C. The number of benzene rings is 1. The van der Waals surface area contributed by atoms with Crippen LogP contribution in [0.5, 0.6) is 0 Å². The van der Waals surface area contributed by atoms with Crippen LogP contribution in [-0.4, -0.2) is 35.1 Å². The Morgan fingerprint density at radius 2 is 1.72 bits per heavy atom. The summed E-state index contributed by atoms with van der Waals surface area (Å²) in [5.41, 5.74) is 1.20. The summed E-state index contributed by atoms with van der Waals surface area (Å²) in [4.78, 5) is 0. The Morgan fingerprint density at radius 1 is 1.04 bits per heavy atom. The zero-order valence-corrected chi connectivity index (χ0v) is 15.2. The van der Waals surface area contributed by atoms with Gasteiger partial charge in [0.15, 0.2) is 0 Å². The average Bonchev–Trinajstić information content (AvgIpc) is 3.28. The first kappa shape index (κ1) is 16.8. The van der Waals surface area contributed by atoms with E-state index in [4.69, 9.17) is 13.7 Å². The van der Waals surface area contributed by atoms with Crippen LogP contribution in [0.3, 0.4) is 0 Å². The molecule has 2 fully saturated rings. The van der Waals surface area contributed by atoms with E-state index in [1.165, 1.54) is 0 Å². The standard InChI is InChI=1S/C18H24BN3O3/c1-17(2)18(3,4)25-19(24-17)13-9-7-12(8-10-13)15-21-22-16(23-15)14-6-5-11-20-14/h7-10,14,20H,5-6,11H2,1-4H3/t14-/m0/s1. The lowest BCUT2D eigenvalue weighted by Gasteiger charge is -2.32. The van der Waals surface area contributed by atoms with Crippen LogP contribution < -0.4 is 10.8 Å². The molecule has 0 radical (unpaired) electrons. The molecule has 0 saturated carbocycles. The Bertz CT molecular complexity index is 735. The molecule has 4 rings (SSSR count). The first-order valence-electron chi connectivity index (χ1n) is 8.88. The highest BCUT2D eigenvalue weighted by molar-refractivity contribution is 6.62. The lowest BCUT2D eigenvalue weighted by molar-refractivity contribution is 0.00578. The molecule has 0 amide bonds. The monoisotopic (exact) mass is 341 g/mol. The Labute approximate surface area is 148 Å². The van der Waals surface area contributed by atoms with E-state index in [1.807, 2.05) is 24.3 Å². The van der Waals surface area contributed by atoms with E-state index in [2.05, 4.69) is 43.2 Å². The van der Waals surface area contributed by atoms with E-state index in [-0.39, 0.29) is 24.4 Å². The first-order valence-corrected chi connectivity index (χ1v) is 8.88. The van der Waals surface area contributed by atoms with E-state index in [1.54, 1.807) is 0 Å². The Hall–Kier alpha value is -1.70. The third kappa shape index (κ3) is 3.01. The lowest BCUT2D eigenvalue weighted by atomic mass is 9.79. The minimum Gasteiger partial charge on any atom is -0.419 e. The number of rotatable bonds is 3. The summed E-state index contributed by atoms with van der Waals surface area (Å²) in [6.07, 6.45) is 2.19. The maximum atomic E-state index is 6.09. The Morgan fingerprint density at radius 3 is 2.32 bits per heavy atom. The van der Waals surface area contributed by atoms with Crippen molar-refractivity contribution in [2.75, 3.05) is 6.54 Å². The summed E-state index contributed by atoms with van der Waals surface area (Å²) < 4.78 is 18.0. The zero-order valence-electron chi connectivity index (χ0n) is 15.2. The molecule has 25 heavy (non-hydrogen) atoms. The highest BCUT2D eigenvalue weighted by Gasteiger charge is 2.51. The largest absolute Gasteiger partial charge is 0.494 e. The average molecular weight is 341 g/mol. The van der Waals surface area contributed by atoms with Crippen LogP contribution in [-0.2, 0) is 9.31 Å². The number of nitrogens with zero attached hydrogens (tertiary/aromatic N) is 2. The van der Waals surface area contributed by atoms with Crippen molar-refractivity contribution in [1.82, 2.24) is 15.5 Å². The van der Waals surface area contributed by atoms with Crippen molar-refractivity contribution in [2.45, 2.75) is 57.8 Å². The maximum Gasteiger partial charge on any atom is 0.494 e. The Balaban J connectivity index is 1.51. The smallest absolute Gasteiger partial charge is 0.419 e. The minimum atomic E-state index is -0.361. The van der Waals surface area contributed by atoms with E-state index in [0.717, 1.165) is 30.4 Å². The summed E-state index contributed by atoms with van der Waals surface area (Å²) in [5.74, 6) is 1.21. The molecule has 3 heterocycles. The summed E-state index contributed by atoms with van der Waals surface area (Å²) >= 11 is 0. The van der Waals surface area contributed by atoms with Crippen molar-refractivity contribution in [1.29, 1.82) is 0 Å². The van der Waals surface area contributed by atoms with Gasteiger partial charge in [-0.3, -0.25) is 0 Å². The van der Waals surface area contributed by atoms with Crippen LogP contribution in [0.4, 0.5) is 0 Å². The molecule has 6 nitrogen and oxygen atoms in total. The van der Waals surface area contributed by atoms with E-state index >= 15 is 0 Å². The number of hydrogen-bond acceptors (Lipinski definition) is 6. The van der Waals surface area contributed by atoms with Crippen LogP contribution in [0.25, 0.3) is 11.5 Å². The first-order chi connectivity index (χ1) is 11.9. The van der Waals surface area contributed by atoms with E-state index in [9.17, 15) is 0 Å². The summed E-state index contributed by atoms with van der Waals surface area (Å²) in [6.45, 7) is 9.22. The third-order valence-electron chi connectivity index (χ3n) is 5.48. The second kappa shape index (κ2) is 5.93. The summed E-state index contributed by atoms with van der Waals surface area (Å²) in [5, 5.41) is 11.7. The second-order valence-corrected chi connectivity index (χ2v) is 7.80. The second-order valence-electron chi connectivity index (χ2n) is 7.80. The number of hydrogen-bond donors (Lipinski definition) is 1. The predicted molar refractivity (Wildman–Crippen MR) is 95.4 cm³/mol. The van der Waals surface area contributed by atoms with Crippen molar-refractivity contribution < 1.29 is 13.7 Å². The van der Waals surface area contributed by atoms with Crippen molar-refractivity contribution in [3.8, 4) is 11.5 Å². The maximum absolute atomic E-state index is 6.09. The van der Waals surface area contributed by atoms with Gasteiger partial charge in [0, 0.05) is 5.56 Å². The highest BCUT2D eigenvalue weighted by atomic mass is 16.7. The van der Waals surface area contributed by atoms with E-state index in [0.29, 0.717) is 11.8 Å². The van der Waals surface area contributed by atoms with Gasteiger partial charge in [0.1, 0.15) is 0 Å². The van der Waals surface area contributed by atoms with Crippen molar-refractivity contribution >= 4 is 12.6 Å². The van der Waals surface area contributed by atoms with Crippen molar-refractivity contribution in [3.63, 3.8) is 0 Å². The van der Waals surface area contributed by atoms with E-state index < -0.39 is 0 Å². The predicted octanol–water partition coefficient (Wildman–Crippen LogP) is 2.46. The molecule has 2 aliphatic rings. The van der Waals surface area contributed by atoms with Crippen LogP contribution >= 0.6 is 0 Å². The third-order valence-corrected chi connectivity index (χ3v) is 5.48. The van der Waals surface area contributed by atoms with Crippen LogP contribution in [0.15, 0.2) is 28.7 Å². The fourth-order valence-electron chi connectivity index (χ4n) is 3.15. The molecule has 0 spiro atoms. The Kier molecular flexibility index (Phi) is 3.98. The van der Waals surface area contributed by atoms with Gasteiger partial charge in [-0.1, -0.05) is 12.1 Å². The summed E-state index contributed by atoms with van der Waals surface area (Å²) in [6, 6.07) is 8.12. The van der Waals surface area contributed by atoms with Crippen LogP contribution in [0.1, 0.15) is 52.5 Å². The van der Waals surface area contributed by atoms with Gasteiger partial charge >= 0.3 is 7.12 Å².